The number of hydrogen-bond donors (Lipinski definition) is 1. The van der Waals surface area contributed by atoms with E-state index in [4.69, 9.17) is 4.74 Å². The lowest BCUT2D eigenvalue weighted by atomic mass is 9.96. The molecule has 1 aromatic heterocycles. The highest BCUT2D eigenvalue weighted by atomic mass is 16.5. The molecule has 1 fully saturated rings. The van der Waals surface area contributed by atoms with Crippen LogP contribution >= 0.6 is 0 Å². The zero-order chi connectivity index (χ0) is 22.6. The molecule has 4 rings (SSSR count). The molecule has 32 heavy (non-hydrogen) atoms. The van der Waals surface area contributed by atoms with Gasteiger partial charge in [-0.25, -0.2) is 0 Å². The first-order valence-electron chi connectivity index (χ1n) is 11.0. The molecule has 0 radical (unpaired) electrons. The Bertz CT molecular complexity index is 1100. The summed E-state index contributed by atoms with van der Waals surface area (Å²) < 4.78 is 5.82. The van der Waals surface area contributed by atoms with Crippen LogP contribution in [0, 0.1) is 5.92 Å². The molecule has 1 aliphatic rings. The lowest BCUT2D eigenvalue weighted by molar-refractivity contribution is -0.137. The van der Waals surface area contributed by atoms with E-state index in [1.54, 1.807) is 32.2 Å². The second kappa shape index (κ2) is 9.49. The van der Waals surface area contributed by atoms with Crippen LogP contribution < -0.4 is 5.32 Å². The molecule has 1 saturated heterocycles. The second-order valence-corrected chi connectivity index (χ2v) is 8.90. The molecule has 166 valence electrons. The summed E-state index contributed by atoms with van der Waals surface area (Å²) in [7, 11) is 0. The van der Waals surface area contributed by atoms with Crippen molar-refractivity contribution in [3.8, 4) is 0 Å². The lowest BCUT2D eigenvalue weighted by Gasteiger charge is -2.33. The molecule has 3 aromatic rings. The van der Waals surface area contributed by atoms with Gasteiger partial charge in [0, 0.05) is 42.4 Å². The van der Waals surface area contributed by atoms with Gasteiger partial charge in [-0.05, 0) is 55.5 Å². The zero-order valence-corrected chi connectivity index (χ0v) is 18.6. The monoisotopic (exact) mass is 431 g/mol. The molecule has 6 heteroatoms. The summed E-state index contributed by atoms with van der Waals surface area (Å²) in [5, 5.41) is 5.17. The van der Waals surface area contributed by atoms with Crippen LogP contribution in [-0.4, -0.2) is 53.5 Å². The Hall–Kier alpha value is -3.25. The minimum Gasteiger partial charge on any atom is -0.379 e. The van der Waals surface area contributed by atoms with Crippen LogP contribution in [-0.2, 0) is 16.0 Å². The van der Waals surface area contributed by atoms with Gasteiger partial charge in [0.15, 0.2) is 0 Å². The molecule has 1 atom stereocenters. The van der Waals surface area contributed by atoms with Gasteiger partial charge >= 0.3 is 0 Å². The fourth-order valence-corrected chi connectivity index (χ4v) is 4.18. The summed E-state index contributed by atoms with van der Waals surface area (Å²) in [5.41, 5.74) is 0.720. The average molecular weight is 432 g/mol. The van der Waals surface area contributed by atoms with E-state index in [1.165, 1.54) is 5.56 Å². The van der Waals surface area contributed by atoms with Crippen molar-refractivity contribution >= 4 is 22.6 Å². The molecule has 6 nitrogen and oxygen atoms in total. The third-order valence-corrected chi connectivity index (χ3v) is 5.85. The van der Waals surface area contributed by atoms with Gasteiger partial charge in [-0.1, -0.05) is 30.3 Å². The molecule has 0 spiro atoms. The number of carbonyl (C=O) groups is 2. The summed E-state index contributed by atoms with van der Waals surface area (Å²) in [5.74, 6) is -0.174. The SMILES string of the molecule is CC(C)(NC(=O)c1ccccc1)C(=O)N1CCOC[C@@H](Cc2ccc3ccncc3c2)C1. The van der Waals surface area contributed by atoms with Crippen LogP contribution in [0.4, 0.5) is 0 Å². The predicted molar refractivity (Wildman–Crippen MR) is 124 cm³/mol. The summed E-state index contributed by atoms with van der Waals surface area (Å²) in [6, 6.07) is 17.3. The van der Waals surface area contributed by atoms with Crippen LogP contribution in [0.2, 0.25) is 0 Å². The van der Waals surface area contributed by atoms with E-state index >= 15 is 0 Å². The molecule has 1 aliphatic heterocycles. The maximum absolute atomic E-state index is 13.4. The minimum atomic E-state index is -1.02. The van der Waals surface area contributed by atoms with E-state index < -0.39 is 5.54 Å². The highest BCUT2D eigenvalue weighted by Crippen LogP contribution is 2.20. The van der Waals surface area contributed by atoms with Gasteiger partial charge in [-0.2, -0.15) is 0 Å². The molecular weight excluding hydrogens is 402 g/mol. The van der Waals surface area contributed by atoms with Crippen LogP contribution in [0.15, 0.2) is 67.0 Å². The molecule has 0 bridgehead atoms. The Morgan fingerprint density at radius 3 is 2.75 bits per heavy atom. The number of nitrogens with zero attached hydrogens (tertiary/aromatic N) is 2. The van der Waals surface area contributed by atoms with E-state index in [1.807, 2.05) is 35.4 Å². The van der Waals surface area contributed by atoms with E-state index in [9.17, 15) is 9.59 Å². The molecule has 2 amide bonds. The van der Waals surface area contributed by atoms with Gasteiger partial charge in [0.05, 0.1) is 13.2 Å². The van der Waals surface area contributed by atoms with Crippen LogP contribution in [0.3, 0.4) is 0 Å². The maximum Gasteiger partial charge on any atom is 0.252 e. The zero-order valence-electron chi connectivity index (χ0n) is 18.6. The molecule has 0 aliphatic carbocycles. The van der Waals surface area contributed by atoms with Crippen molar-refractivity contribution in [3.63, 3.8) is 0 Å². The number of amides is 2. The topological polar surface area (TPSA) is 71.5 Å². The summed E-state index contributed by atoms with van der Waals surface area (Å²) in [6.07, 6.45) is 4.48. The van der Waals surface area contributed by atoms with Gasteiger partial charge in [-0.15, -0.1) is 0 Å². The first kappa shape index (κ1) is 22.0. The number of fused-ring (bicyclic) bond motifs is 1. The average Bonchev–Trinajstić information content (AvgIpc) is 3.04. The Kier molecular flexibility index (Phi) is 6.51. The van der Waals surface area contributed by atoms with Crippen molar-refractivity contribution in [3.05, 3.63) is 78.1 Å². The molecule has 1 N–H and O–H groups in total. The van der Waals surface area contributed by atoms with Gasteiger partial charge in [-0.3, -0.25) is 14.6 Å². The number of carbonyl (C=O) groups excluding carboxylic acids is 2. The Morgan fingerprint density at radius 2 is 1.94 bits per heavy atom. The number of rotatable bonds is 5. The van der Waals surface area contributed by atoms with Crippen molar-refractivity contribution in [2.75, 3.05) is 26.3 Å². The van der Waals surface area contributed by atoms with Gasteiger partial charge < -0.3 is 15.0 Å². The Labute approximate surface area is 188 Å². The quantitative estimate of drug-likeness (QED) is 0.672. The highest BCUT2D eigenvalue weighted by molar-refractivity contribution is 5.98. The van der Waals surface area contributed by atoms with Crippen molar-refractivity contribution in [2.45, 2.75) is 25.8 Å². The van der Waals surface area contributed by atoms with Gasteiger partial charge in [0.1, 0.15) is 5.54 Å². The van der Waals surface area contributed by atoms with Crippen LogP contribution in [0.5, 0.6) is 0 Å². The number of pyridine rings is 1. The first-order valence-corrected chi connectivity index (χ1v) is 11.0. The third-order valence-electron chi connectivity index (χ3n) is 5.85. The standard InChI is InChI=1S/C26H29N3O3/c1-26(2,28-24(30)22-6-4-3-5-7-22)25(31)29-12-13-32-18-20(17-29)14-19-8-9-21-10-11-27-16-23(21)15-19/h3-11,15-16,20H,12-14,17-18H2,1-2H3,(H,28,30)/t20-/m0/s1. The smallest absolute Gasteiger partial charge is 0.252 e. The van der Waals surface area contributed by atoms with Crippen LogP contribution in [0.25, 0.3) is 10.8 Å². The maximum atomic E-state index is 13.4. The third kappa shape index (κ3) is 5.14. The molecule has 0 saturated carbocycles. The number of nitrogens with one attached hydrogen (secondary N) is 1. The van der Waals surface area contributed by atoms with E-state index in [-0.39, 0.29) is 17.7 Å². The fourth-order valence-electron chi connectivity index (χ4n) is 4.18. The number of aromatic nitrogens is 1. The summed E-state index contributed by atoms with van der Waals surface area (Å²) in [6.45, 7) is 5.72. The van der Waals surface area contributed by atoms with Crippen molar-refractivity contribution < 1.29 is 14.3 Å². The van der Waals surface area contributed by atoms with Gasteiger partial charge in [0.25, 0.3) is 5.91 Å². The Balaban J connectivity index is 1.44. The van der Waals surface area contributed by atoms with E-state index in [2.05, 4.69) is 28.5 Å². The number of benzene rings is 2. The molecule has 2 aromatic carbocycles. The number of ether oxygens (including phenoxy) is 1. The fraction of sp³-hybridized carbons (Fsp3) is 0.346. The van der Waals surface area contributed by atoms with Gasteiger partial charge in [0.2, 0.25) is 5.91 Å². The Morgan fingerprint density at radius 1 is 1.12 bits per heavy atom. The minimum absolute atomic E-state index is 0.0972. The van der Waals surface area contributed by atoms with E-state index in [0.717, 1.165) is 17.2 Å². The predicted octanol–water partition coefficient (Wildman–Crippen LogP) is 3.46. The number of hydrogen-bond acceptors (Lipinski definition) is 4. The summed E-state index contributed by atoms with van der Waals surface area (Å²) >= 11 is 0. The van der Waals surface area contributed by atoms with Crippen molar-refractivity contribution in [2.24, 2.45) is 5.92 Å². The molecule has 2 heterocycles. The van der Waals surface area contributed by atoms with Crippen molar-refractivity contribution in [1.29, 1.82) is 0 Å². The molecular formula is C26H29N3O3. The largest absolute Gasteiger partial charge is 0.379 e. The first-order chi connectivity index (χ1) is 15.4. The summed E-state index contributed by atoms with van der Waals surface area (Å²) in [4.78, 5) is 32.0. The molecule has 0 unspecified atom stereocenters. The highest BCUT2D eigenvalue weighted by Gasteiger charge is 2.35. The normalized spacial score (nSPS) is 17.1. The second-order valence-electron chi connectivity index (χ2n) is 8.90. The van der Waals surface area contributed by atoms with Crippen molar-refractivity contribution in [1.82, 2.24) is 15.2 Å². The van der Waals surface area contributed by atoms with Crippen LogP contribution in [0.1, 0.15) is 29.8 Å². The van der Waals surface area contributed by atoms with E-state index in [0.29, 0.717) is 31.9 Å². The lowest BCUT2D eigenvalue weighted by Crippen LogP contribution is -2.56.